The number of aryl methyl sites for hydroxylation is 1. The summed E-state index contributed by atoms with van der Waals surface area (Å²) in [4.78, 5) is 2.18. The van der Waals surface area contributed by atoms with Crippen molar-refractivity contribution in [3.8, 4) is 0 Å². The number of hydrogen-bond acceptors (Lipinski definition) is 4. The Kier molecular flexibility index (Phi) is 4.74. The summed E-state index contributed by atoms with van der Waals surface area (Å²) in [6.45, 7) is 2.25. The van der Waals surface area contributed by atoms with Gasteiger partial charge in [-0.25, -0.2) is 0 Å². The van der Waals surface area contributed by atoms with Crippen molar-refractivity contribution in [3.63, 3.8) is 0 Å². The maximum absolute atomic E-state index is 5.56. The van der Waals surface area contributed by atoms with Gasteiger partial charge in [-0.3, -0.25) is 9.58 Å². The fourth-order valence-electron chi connectivity index (χ4n) is 1.52. The Labute approximate surface area is 90.8 Å². The largest absolute Gasteiger partial charge is 0.379 e. The Morgan fingerprint density at radius 1 is 1.67 bits per heavy atom. The highest BCUT2D eigenvalue weighted by Gasteiger charge is 2.09. The van der Waals surface area contributed by atoms with E-state index in [4.69, 9.17) is 10.5 Å². The smallest absolute Gasteiger partial charge is 0.0820 e. The molecule has 2 N–H and O–H groups in total. The van der Waals surface area contributed by atoms with E-state index in [0.29, 0.717) is 6.54 Å². The molecule has 1 unspecified atom stereocenters. The minimum absolute atomic E-state index is 0.103. The van der Waals surface area contributed by atoms with E-state index in [9.17, 15) is 0 Å². The van der Waals surface area contributed by atoms with Crippen LogP contribution >= 0.6 is 0 Å². The van der Waals surface area contributed by atoms with Crippen molar-refractivity contribution in [2.24, 2.45) is 12.8 Å². The van der Waals surface area contributed by atoms with E-state index < -0.39 is 0 Å². The Morgan fingerprint density at radius 2 is 2.40 bits per heavy atom. The Bertz CT molecular complexity index is 283. The predicted molar refractivity (Wildman–Crippen MR) is 59.4 cm³/mol. The molecule has 0 radical (unpaired) electrons. The van der Waals surface area contributed by atoms with E-state index in [1.165, 1.54) is 5.56 Å². The molecule has 0 fully saturated rings. The van der Waals surface area contributed by atoms with Gasteiger partial charge < -0.3 is 10.5 Å². The fraction of sp³-hybridized carbons (Fsp3) is 0.700. The zero-order chi connectivity index (χ0) is 11.3. The SMILES string of the molecule is COC(CN)CN(C)Cc1cnn(C)c1. The van der Waals surface area contributed by atoms with Gasteiger partial charge in [0.2, 0.25) is 0 Å². The maximum Gasteiger partial charge on any atom is 0.0820 e. The average molecular weight is 212 g/mol. The molecule has 0 saturated heterocycles. The van der Waals surface area contributed by atoms with Gasteiger partial charge in [0.05, 0.1) is 12.3 Å². The van der Waals surface area contributed by atoms with Crippen LogP contribution in [0.4, 0.5) is 0 Å². The minimum atomic E-state index is 0.103. The molecule has 0 saturated carbocycles. The molecular weight excluding hydrogens is 192 g/mol. The van der Waals surface area contributed by atoms with Crippen molar-refractivity contribution in [1.29, 1.82) is 0 Å². The maximum atomic E-state index is 5.56. The molecule has 0 bridgehead atoms. The number of ether oxygens (including phenoxy) is 1. The molecule has 1 aromatic heterocycles. The quantitative estimate of drug-likeness (QED) is 0.711. The van der Waals surface area contributed by atoms with Gasteiger partial charge in [0.15, 0.2) is 0 Å². The van der Waals surface area contributed by atoms with Gasteiger partial charge in [-0.05, 0) is 7.05 Å². The normalized spacial score (nSPS) is 13.4. The van der Waals surface area contributed by atoms with Gasteiger partial charge in [-0.1, -0.05) is 0 Å². The van der Waals surface area contributed by atoms with Crippen molar-refractivity contribution in [2.45, 2.75) is 12.6 Å². The van der Waals surface area contributed by atoms with E-state index in [1.807, 2.05) is 19.4 Å². The third kappa shape index (κ3) is 3.99. The Hall–Kier alpha value is -0.910. The number of methoxy groups -OCH3 is 1. The number of likely N-dealkylation sites (N-methyl/N-ethyl adjacent to an activating group) is 1. The predicted octanol–water partition coefficient (Wildman–Crippen LogP) is -0.174. The summed E-state index contributed by atoms with van der Waals surface area (Å²) in [6, 6.07) is 0. The first-order valence-electron chi connectivity index (χ1n) is 5.04. The summed E-state index contributed by atoms with van der Waals surface area (Å²) in [6.07, 6.45) is 3.99. The van der Waals surface area contributed by atoms with Gasteiger partial charge in [0.25, 0.3) is 0 Å². The van der Waals surface area contributed by atoms with Gasteiger partial charge in [-0.2, -0.15) is 5.10 Å². The zero-order valence-electron chi connectivity index (χ0n) is 9.68. The fourth-order valence-corrected chi connectivity index (χ4v) is 1.52. The van der Waals surface area contributed by atoms with E-state index in [2.05, 4.69) is 17.0 Å². The zero-order valence-corrected chi connectivity index (χ0v) is 9.68. The van der Waals surface area contributed by atoms with Crippen molar-refractivity contribution in [2.75, 3.05) is 27.2 Å². The lowest BCUT2D eigenvalue weighted by atomic mass is 10.3. The molecule has 0 aromatic carbocycles. The molecule has 1 rings (SSSR count). The van der Waals surface area contributed by atoms with Gasteiger partial charge in [0, 0.05) is 45.6 Å². The van der Waals surface area contributed by atoms with Crippen LogP contribution in [0.5, 0.6) is 0 Å². The summed E-state index contributed by atoms with van der Waals surface area (Å²) in [5.41, 5.74) is 6.76. The second-order valence-electron chi connectivity index (χ2n) is 3.81. The van der Waals surface area contributed by atoms with E-state index in [0.717, 1.165) is 13.1 Å². The van der Waals surface area contributed by atoms with Crippen molar-refractivity contribution >= 4 is 0 Å². The first kappa shape index (κ1) is 12.2. The number of nitrogens with zero attached hydrogens (tertiary/aromatic N) is 3. The summed E-state index contributed by atoms with van der Waals surface area (Å²) in [5.74, 6) is 0. The summed E-state index contributed by atoms with van der Waals surface area (Å²) in [7, 11) is 5.66. The lowest BCUT2D eigenvalue weighted by Gasteiger charge is -2.21. The number of nitrogens with two attached hydrogens (primary N) is 1. The van der Waals surface area contributed by atoms with Gasteiger partial charge >= 0.3 is 0 Å². The van der Waals surface area contributed by atoms with E-state index in [-0.39, 0.29) is 6.10 Å². The molecule has 5 heteroatoms. The molecule has 1 heterocycles. The topological polar surface area (TPSA) is 56.3 Å². The summed E-state index contributed by atoms with van der Waals surface area (Å²) < 4.78 is 7.03. The second kappa shape index (κ2) is 5.85. The monoisotopic (exact) mass is 212 g/mol. The van der Waals surface area contributed by atoms with Crippen LogP contribution in [0.2, 0.25) is 0 Å². The molecule has 1 aromatic rings. The molecule has 86 valence electrons. The van der Waals surface area contributed by atoms with Crippen molar-refractivity contribution in [3.05, 3.63) is 18.0 Å². The highest BCUT2D eigenvalue weighted by molar-refractivity contribution is 5.02. The lowest BCUT2D eigenvalue weighted by molar-refractivity contribution is 0.0761. The Balaban J connectivity index is 2.38. The van der Waals surface area contributed by atoms with Crippen LogP contribution in [-0.2, 0) is 18.3 Å². The first-order valence-corrected chi connectivity index (χ1v) is 5.04. The minimum Gasteiger partial charge on any atom is -0.379 e. The third-order valence-electron chi connectivity index (χ3n) is 2.32. The van der Waals surface area contributed by atoms with Crippen LogP contribution in [0.3, 0.4) is 0 Å². The standard InChI is InChI=1S/C10H20N4O/c1-13(8-10(4-11)15-3)6-9-5-12-14(2)7-9/h5,7,10H,4,6,8,11H2,1-3H3. The van der Waals surface area contributed by atoms with Crippen LogP contribution in [0, 0.1) is 0 Å². The molecule has 1 atom stereocenters. The van der Waals surface area contributed by atoms with Crippen molar-refractivity contribution < 1.29 is 4.74 Å². The molecule has 5 nitrogen and oxygen atoms in total. The average Bonchev–Trinajstić information content (AvgIpc) is 2.60. The van der Waals surface area contributed by atoms with E-state index in [1.54, 1.807) is 11.8 Å². The number of rotatable bonds is 6. The molecule has 0 spiro atoms. The highest BCUT2D eigenvalue weighted by Crippen LogP contribution is 2.02. The first-order chi connectivity index (χ1) is 7.15. The summed E-state index contributed by atoms with van der Waals surface area (Å²) >= 11 is 0. The van der Waals surface area contributed by atoms with Crippen LogP contribution in [-0.4, -0.2) is 48.0 Å². The molecule has 15 heavy (non-hydrogen) atoms. The number of aromatic nitrogens is 2. The van der Waals surface area contributed by atoms with Crippen LogP contribution in [0.15, 0.2) is 12.4 Å². The van der Waals surface area contributed by atoms with Gasteiger partial charge in [0.1, 0.15) is 0 Å². The van der Waals surface area contributed by atoms with Gasteiger partial charge in [-0.15, -0.1) is 0 Å². The number of hydrogen-bond donors (Lipinski definition) is 1. The van der Waals surface area contributed by atoms with Crippen LogP contribution in [0.25, 0.3) is 0 Å². The molecule has 0 aliphatic carbocycles. The van der Waals surface area contributed by atoms with Crippen LogP contribution in [0.1, 0.15) is 5.56 Å². The molecule has 0 aliphatic heterocycles. The van der Waals surface area contributed by atoms with E-state index >= 15 is 0 Å². The van der Waals surface area contributed by atoms with Crippen molar-refractivity contribution in [1.82, 2.24) is 14.7 Å². The lowest BCUT2D eigenvalue weighted by Crippen LogP contribution is -2.35. The Morgan fingerprint density at radius 3 is 2.87 bits per heavy atom. The van der Waals surface area contributed by atoms with Crippen LogP contribution < -0.4 is 5.73 Å². The molecular formula is C10H20N4O. The molecule has 0 amide bonds. The highest BCUT2D eigenvalue weighted by atomic mass is 16.5. The summed E-state index contributed by atoms with van der Waals surface area (Å²) in [5, 5.41) is 4.12. The second-order valence-corrected chi connectivity index (χ2v) is 3.81. The third-order valence-corrected chi connectivity index (χ3v) is 2.32. The molecule has 0 aliphatic rings.